The Bertz CT molecular complexity index is 2520. The van der Waals surface area contributed by atoms with Gasteiger partial charge in [0.15, 0.2) is 5.43 Å². The minimum absolute atomic E-state index is 0.0176. The lowest BCUT2D eigenvalue weighted by Crippen LogP contribution is -2.59. The lowest BCUT2D eigenvalue weighted by Gasteiger charge is -2.52. The summed E-state index contributed by atoms with van der Waals surface area (Å²) >= 11 is 0. The van der Waals surface area contributed by atoms with Gasteiger partial charge in [-0.3, -0.25) is 4.79 Å². The standard InChI is InChI=1S/C46H52N4O10/c1-3-21(18-51)45(57)59-35-16-31-41(56)39-34(55)15-26(19-52)58-43(39)40-37-29-10-11-49-44(48)38(29)28(9-5-22-4-7-25(54)14-30(22)32(37)20-53)27-8-6-23-13-36(47)50-17-24(23)12-33(27)46(35,2)60-42(31)40/h3-4,7,10,13-15,17,27-28,32-33,35-37,49-54,56H,5-6,8-9,11-12,16,18-20,47-48H2,1-2H3/b21-3-/t27-,28-,32+,33-,35+,36?,37+,46-/m0/s1. The van der Waals surface area contributed by atoms with E-state index in [0.29, 0.717) is 55.6 Å². The SMILES string of the molecule is C/C=C(/CO)C(=O)O[C@@H]1Cc2c3c(c4oc(CO)cc(=O)c4c2O)[C@@H]2C4=CCNC(N)=C4[C@@H](CCc4ccc(O)cc4[C@H]2CO)[C@@H]2CCC4=CC(N)NC=C4C[C@@H]2[C@]1(C)O3. The molecule has 9 rings (SSSR count). The molecule has 6 aliphatic rings. The van der Waals surface area contributed by atoms with E-state index in [0.717, 1.165) is 33.9 Å². The lowest BCUT2D eigenvalue weighted by atomic mass is 9.61. The molecule has 0 radical (unpaired) electrons. The molecule has 4 aliphatic heterocycles. The van der Waals surface area contributed by atoms with Gasteiger partial charge in [0.2, 0.25) is 0 Å². The Morgan fingerprint density at radius 2 is 1.92 bits per heavy atom. The first-order valence-corrected chi connectivity index (χ1v) is 20.8. The normalized spacial score (nSPS) is 29.5. The molecule has 1 fully saturated rings. The highest BCUT2D eigenvalue weighted by Crippen LogP contribution is 2.61. The van der Waals surface area contributed by atoms with Gasteiger partial charge in [-0.1, -0.05) is 18.2 Å². The number of allylic oxidation sites excluding steroid dienone is 5. The van der Waals surface area contributed by atoms with Crippen LogP contribution < -0.4 is 32.3 Å². The van der Waals surface area contributed by atoms with Crippen LogP contribution in [0.15, 0.2) is 91.6 Å². The van der Waals surface area contributed by atoms with Gasteiger partial charge in [-0.15, -0.1) is 0 Å². The first kappa shape index (κ1) is 39.9. The van der Waals surface area contributed by atoms with Crippen LogP contribution in [0.4, 0.5) is 0 Å². The molecule has 5 heterocycles. The fourth-order valence-electron chi connectivity index (χ4n) is 11.2. The number of aliphatic hydroxyl groups is 3. The van der Waals surface area contributed by atoms with Gasteiger partial charge in [-0.2, -0.15) is 0 Å². The fourth-order valence-corrected chi connectivity index (χ4v) is 11.2. The summed E-state index contributed by atoms with van der Waals surface area (Å²) in [5.41, 5.74) is 17.6. The van der Waals surface area contributed by atoms with Crippen LogP contribution in [0.1, 0.15) is 79.4 Å². The number of hydrogen-bond acceptors (Lipinski definition) is 14. The third kappa shape index (κ3) is 6.22. The van der Waals surface area contributed by atoms with Gasteiger partial charge in [-0.05, 0) is 109 Å². The Labute approximate surface area is 346 Å². The van der Waals surface area contributed by atoms with Gasteiger partial charge >= 0.3 is 5.97 Å². The van der Waals surface area contributed by atoms with Crippen molar-refractivity contribution in [3.63, 3.8) is 0 Å². The summed E-state index contributed by atoms with van der Waals surface area (Å²) in [6.45, 7) is 2.36. The summed E-state index contributed by atoms with van der Waals surface area (Å²) < 4.78 is 20.4. The van der Waals surface area contributed by atoms with Crippen LogP contribution in [-0.4, -0.2) is 69.1 Å². The van der Waals surface area contributed by atoms with E-state index in [9.17, 15) is 35.1 Å². The number of aliphatic hydroxyl groups excluding tert-OH is 3. The van der Waals surface area contributed by atoms with Gasteiger partial charge in [0.25, 0.3) is 0 Å². The van der Waals surface area contributed by atoms with Crippen LogP contribution in [0.3, 0.4) is 0 Å². The topological polar surface area (TPSA) is 243 Å². The summed E-state index contributed by atoms with van der Waals surface area (Å²) in [6, 6.07) is 6.35. The molecule has 1 saturated carbocycles. The van der Waals surface area contributed by atoms with Crippen molar-refractivity contribution in [2.45, 2.75) is 88.7 Å². The van der Waals surface area contributed by atoms with Crippen LogP contribution in [0, 0.1) is 17.8 Å². The second kappa shape index (κ2) is 15.2. The fraction of sp³-hybridized carbons (Fsp3) is 0.435. The molecule has 2 aromatic carbocycles. The monoisotopic (exact) mass is 820 g/mol. The number of carbonyl (C=O) groups excluding carboxylic acids is 1. The average Bonchev–Trinajstić information content (AvgIpc) is 3.38. The second-order valence-corrected chi connectivity index (χ2v) is 17.1. The van der Waals surface area contributed by atoms with Crippen molar-refractivity contribution in [3.05, 3.63) is 121 Å². The number of ether oxygens (including phenoxy) is 2. The zero-order valence-electron chi connectivity index (χ0n) is 33.7. The smallest absolute Gasteiger partial charge is 0.336 e. The Morgan fingerprint density at radius 1 is 1.10 bits per heavy atom. The Hall–Kier alpha value is -5.54. The molecule has 0 saturated heterocycles. The van der Waals surface area contributed by atoms with Crippen LogP contribution in [-0.2, 0) is 29.0 Å². The molecule has 1 unspecified atom stereocenters. The predicted molar refractivity (Wildman–Crippen MR) is 221 cm³/mol. The highest BCUT2D eigenvalue weighted by molar-refractivity contribution is 5.92. The van der Waals surface area contributed by atoms with Crippen molar-refractivity contribution in [2.75, 3.05) is 19.8 Å². The van der Waals surface area contributed by atoms with E-state index in [-0.39, 0.29) is 69.7 Å². The van der Waals surface area contributed by atoms with Crippen LogP contribution >= 0.6 is 0 Å². The zero-order valence-corrected chi connectivity index (χ0v) is 33.7. The largest absolute Gasteiger partial charge is 0.508 e. The number of nitrogens with two attached hydrogens (primary N) is 2. The van der Waals surface area contributed by atoms with Crippen molar-refractivity contribution < 1.29 is 44.2 Å². The highest BCUT2D eigenvalue weighted by atomic mass is 16.6. The van der Waals surface area contributed by atoms with Crippen molar-refractivity contribution in [1.29, 1.82) is 0 Å². The molecule has 3 aromatic rings. The minimum atomic E-state index is -1.34. The number of esters is 1. The molecule has 0 spiro atoms. The van der Waals surface area contributed by atoms with E-state index in [4.69, 9.17) is 25.4 Å². The summed E-state index contributed by atoms with van der Waals surface area (Å²) in [7, 11) is 0. The molecule has 2 aliphatic carbocycles. The number of benzene rings is 2. The van der Waals surface area contributed by atoms with Gasteiger partial charge in [0, 0.05) is 54.1 Å². The third-order valence-electron chi connectivity index (χ3n) is 14.1. The second-order valence-electron chi connectivity index (χ2n) is 17.1. The van der Waals surface area contributed by atoms with Gasteiger partial charge < -0.3 is 61.5 Å². The van der Waals surface area contributed by atoms with E-state index in [1.807, 2.05) is 25.3 Å². The maximum atomic E-state index is 14.2. The average molecular weight is 821 g/mol. The molecule has 11 N–H and O–H groups in total. The summed E-state index contributed by atoms with van der Waals surface area (Å²) in [5.74, 6) is -2.91. The molecule has 8 atom stereocenters. The number of aromatic hydroxyl groups is 2. The Kier molecular flexibility index (Phi) is 10.1. The van der Waals surface area contributed by atoms with Crippen LogP contribution in [0.2, 0.25) is 0 Å². The number of aryl methyl sites for hydroxylation is 1. The maximum Gasteiger partial charge on any atom is 0.336 e. The molecule has 60 heavy (non-hydrogen) atoms. The Morgan fingerprint density at radius 3 is 2.67 bits per heavy atom. The van der Waals surface area contributed by atoms with Crippen LogP contribution in [0.5, 0.6) is 17.2 Å². The third-order valence-corrected chi connectivity index (χ3v) is 14.1. The molecular weight excluding hydrogens is 769 g/mol. The molecule has 316 valence electrons. The number of phenols is 2. The molecule has 0 amide bonds. The molecule has 14 nitrogen and oxygen atoms in total. The molecular formula is C46H52N4O10. The van der Waals surface area contributed by atoms with Gasteiger partial charge in [0.05, 0.1) is 25.0 Å². The zero-order chi connectivity index (χ0) is 42.2. The molecule has 4 bridgehead atoms. The lowest BCUT2D eigenvalue weighted by molar-refractivity contribution is -0.169. The van der Waals surface area contributed by atoms with E-state index < -0.39 is 60.5 Å². The van der Waals surface area contributed by atoms with E-state index in [1.54, 1.807) is 19.1 Å². The van der Waals surface area contributed by atoms with Crippen molar-refractivity contribution in [3.8, 4) is 17.2 Å². The number of phenolic OH excluding ortho intramolecular Hbond substituents is 2. The van der Waals surface area contributed by atoms with E-state index >= 15 is 0 Å². The highest BCUT2D eigenvalue weighted by Gasteiger charge is 2.58. The van der Waals surface area contributed by atoms with Crippen molar-refractivity contribution in [1.82, 2.24) is 10.6 Å². The number of dihydropyridines is 2. The summed E-state index contributed by atoms with van der Waals surface area (Å²) in [4.78, 5) is 28.1. The van der Waals surface area contributed by atoms with Crippen LogP contribution in [0.25, 0.3) is 11.0 Å². The van der Waals surface area contributed by atoms with E-state index in [1.165, 1.54) is 6.08 Å². The van der Waals surface area contributed by atoms with Crippen molar-refractivity contribution in [2.24, 2.45) is 29.2 Å². The minimum Gasteiger partial charge on any atom is -0.508 e. The van der Waals surface area contributed by atoms with E-state index in [2.05, 4.69) is 16.7 Å². The first-order chi connectivity index (χ1) is 28.9. The van der Waals surface area contributed by atoms with Crippen molar-refractivity contribution >= 4 is 16.9 Å². The number of rotatable bonds is 5. The van der Waals surface area contributed by atoms with Gasteiger partial charge in [0.1, 0.15) is 58.1 Å². The quantitative estimate of drug-likeness (QED) is 0.132. The first-order valence-electron chi connectivity index (χ1n) is 20.8. The number of hydrogen-bond donors (Lipinski definition) is 9. The molecule has 14 heteroatoms. The number of fused-ring (bicyclic) bond motifs is 9. The Balaban J connectivity index is 1.44. The number of nitrogens with one attached hydrogen (secondary N) is 2. The maximum absolute atomic E-state index is 14.2. The predicted octanol–water partition coefficient (Wildman–Crippen LogP) is 3.49. The summed E-state index contributed by atoms with van der Waals surface area (Å²) in [6.07, 6.45) is 9.08. The number of carbonyl (C=O) groups is 1. The summed E-state index contributed by atoms with van der Waals surface area (Å²) in [5, 5.41) is 62.1. The van der Waals surface area contributed by atoms with Gasteiger partial charge in [-0.25, -0.2) is 4.79 Å². The molecule has 1 aromatic heterocycles.